The molecule has 4 heteroatoms. The maximum absolute atomic E-state index is 11.4. The van der Waals surface area contributed by atoms with Crippen LogP contribution in [0.15, 0.2) is 18.3 Å². The number of hydrogen-bond acceptors (Lipinski definition) is 2. The number of carbonyl (C=O) groups is 1. The van der Waals surface area contributed by atoms with Gasteiger partial charge in [-0.25, -0.2) is 4.98 Å². The molecule has 1 aromatic heterocycles. The average molecular weight is 253 g/mol. The van der Waals surface area contributed by atoms with E-state index in [0.29, 0.717) is 11.2 Å². The zero-order valence-electron chi connectivity index (χ0n) is 10.0. The Labute approximate surface area is 107 Å². The molecule has 92 valence electrons. The third-order valence-electron chi connectivity index (χ3n) is 3.34. The minimum absolute atomic E-state index is 0.196. The van der Waals surface area contributed by atoms with Crippen LogP contribution < -0.4 is 0 Å². The van der Waals surface area contributed by atoms with Crippen molar-refractivity contribution >= 4 is 17.5 Å². The van der Waals surface area contributed by atoms with Crippen LogP contribution in [0, 0.1) is 0 Å². The molecule has 1 aliphatic rings. The fourth-order valence-corrected chi connectivity index (χ4v) is 2.55. The first kappa shape index (κ1) is 12.4. The van der Waals surface area contributed by atoms with Gasteiger partial charge in [0, 0.05) is 25.7 Å². The molecule has 1 aromatic rings. The summed E-state index contributed by atoms with van der Waals surface area (Å²) < 4.78 is 0. The van der Waals surface area contributed by atoms with Gasteiger partial charge >= 0.3 is 0 Å². The minimum atomic E-state index is 0.196. The van der Waals surface area contributed by atoms with Crippen molar-refractivity contribution in [2.75, 3.05) is 6.54 Å². The van der Waals surface area contributed by atoms with Crippen LogP contribution in [0.2, 0.25) is 5.15 Å². The van der Waals surface area contributed by atoms with Gasteiger partial charge in [-0.15, -0.1) is 0 Å². The summed E-state index contributed by atoms with van der Waals surface area (Å²) in [4.78, 5) is 17.5. The number of pyridine rings is 1. The van der Waals surface area contributed by atoms with Crippen LogP contribution in [0.3, 0.4) is 0 Å². The fourth-order valence-electron chi connectivity index (χ4n) is 2.44. The number of carbonyl (C=O) groups excluding carboxylic acids is 1. The van der Waals surface area contributed by atoms with E-state index in [0.717, 1.165) is 32.2 Å². The van der Waals surface area contributed by atoms with Gasteiger partial charge in [-0.2, -0.15) is 0 Å². The Morgan fingerprint density at radius 1 is 1.59 bits per heavy atom. The van der Waals surface area contributed by atoms with Gasteiger partial charge in [0.25, 0.3) is 0 Å². The minimum Gasteiger partial charge on any atom is -0.340 e. The van der Waals surface area contributed by atoms with E-state index in [-0.39, 0.29) is 5.91 Å². The lowest BCUT2D eigenvalue weighted by Gasteiger charge is -2.23. The van der Waals surface area contributed by atoms with Gasteiger partial charge in [-0.1, -0.05) is 17.7 Å². The lowest BCUT2D eigenvalue weighted by molar-refractivity contribution is -0.129. The van der Waals surface area contributed by atoms with E-state index in [9.17, 15) is 4.79 Å². The quantitative estimate of drug-likeness (QED) is 0.775. The van der Waals surface area contributed by atoms with Crippen LogP contribution in [0.25, 0.3) is 0 Å². The van der Waals surface area contributed by atoms with Gasteiger partial charge in [0.15, 0.2) is 0 Å². The predicted octanol–water partition coefficient (Wildman–Crippen LogP) is 2.68. The summed E-state index contributed by atoms with van der Waals surface area (Å²) in [6.45, 7) is 2.57. The molecule has 0 N–H and O–H groups in total. The summed E-state index contributed by atoms with van der Waals surface area (Å²) in [5, 5.41) is 0.528. The zero-order chi connectivity index (χ0) is 12.3. The van der Waals surface area contributed by atoms with Crippen molar-refractivity contribution in [3.05, 3.63) is 29.0 Å². The van der Waals surface area contributed by atoms with Crippen molar-refractivity contribution < 1.29 is 4.79 Å². The standard InChI is InChI=1S/C13H17ClN2O/c1-10(17)16-8-2-3-12(16)6-4-11-5-7-13(14)15-9-11/h5,7,9,12H,2-4,6,8H2,1H3. The Balaban J connectivity index is 1.89. The van der Waals surface area contributed by atoms with E-state index in [1.54, 1.807) is 6.92 Å². The van der Waals surface area contributed by atoms with Gasteiger partial charge in [0.1, 0.15) is 5.15 Å². The highest BCUT2D eigenvalue weighted by Gasteiger charge is 2.25. The molecule has 17 heavy (non-hydrogen) atoms. The molecule has 0 saturated carbocycles. The van der Waals surface area contributed by atoms with Gasteiger partial charge in [-0.3, -0.25) is 4.79 Å². The Bertz CT molecular complexity index is 391. The molecule has 1 amide bonds. The Morgan fingerprint density at radius 2 is 2.41 bits per heavy atom. The molecule has 3 nitrogen and oxygen atoms in total. The normalized spacial score (nSPS) is 19.6. The van der Waals surface area contributed by atoms with Crippen LogP contribution in [-0.4, -0.2) is 28.4 Å². The smallest absolute Gasteiger partial charge is 0.219 e. The summed E-state index contributed by atoms with van der Waals surface area (Å²) >= 11 is 5.74. The Kier molecular flexibility index (Phi) is 4.00. The lowest BCUT2D eigenvalue weighted by atomic mass is 10.0. The van der Waals surface area contributed by atoms with Gasteiger partial charge in [0.05, 0.1) is 0 Å². The maximum atomic E-state index is 11.4. The summed E-state index contributed by atoms with van der Waals surface area (Å²) in [6.07, 6.45) is 6.04. The van der Waals surface area contributed by atoms with Crippen molar-refractivity contribution in [2.24, 2.45) is 0 Å². The molecule has 1 atom stereocenters. The van der Waals surface area contributed by atoms with E-state index in [4.69, 9.17) is 11.6 Å². The zero-order valence-corrected chi connectivity index (χ0v) is 10.8. The van der Waals surface area contributed by atoms with Gasteiger partial charge in [-0.05, 0) is 37.3 Å². The summed E-state index contributed by atoms with van der Waals surface area (Å²) in [5.41, 5.74) is 1.19. The van der Waals surface area contributed by atoms with Gasteiger partial charge < -0.3 is 4.90 Å². The Hall–Kier alpha value is -1.09. The Morgan fingerprint density at radius 3 is 3.06 bits per heavy atom. The average Bonchev–Trinajstić information content (AvgIpc) is 2.76. The molecular formula is C13H17ClN2O. The second-order valence-corrected chi connectivity index (χ2v) is 4.92. The van der Waals surface area contributed by atoms with Crippen molar-refractivity contribution in [1.29, 1.82) is 0 Å². The largest absolute Gasteiger partial charge is 0.340 e. The lowest BCUT2D eigenvalue weighted by Crippen LogP contribution is -2.33. The fraction of sp³-hybridized carbons (Fsp3) is 0.538. The van der Waals surface area contributed by atoms with E-state index in [1.165, 1.54) is 5.56 Å². The molecule has 1 aliphatic heterocycles. The highest BCUT2D eigenvalue weighted by Crippen LogP contribution is 2.21. The van der Waals surface area contributed by atoms with Crippen LogP contribution in [0.4, 0.5) is 0 Å². The topological polar surface area (TPSA) is 33.2 Å². The highest BCUT2D eigenvalue weighted by atomic mass is 35.5. The van der Waals surface area contributed by atoms with Gasteiger partial charge in [0.2, 0.25) is 5.91 Å². The summed E-state index contributed by atoms with van der Waals surface area (Å²) in [6, 6.07) is 4.22. The molecular weight excluding hydrogens is 236 g/mol. The number of halogens is 1. The monoisotopic (exact) mass is 252 g/mol. The first-order valence-corrected chi connectivity index (χ1v) is 6.42. The molecule has 0 radical (unpaired) electrons. The second kappa shape index (κ2) is 5.50. The molecule has 1 unspecified atom stereocenters. The van der Waals surface area contributed by atoms with E-state index in [2.05, 4.69) is 4.98 Å². The second-order valence-electron chi connectivity index (χ2n) is 4.54. The number of amides is 1. The summed E-state index contributed by atoms with van der Waals surface area (Å²) in [7, 11) is 0. The summed E-state index contributed by atoms with van der Waals surface area (Å²) in [5.74, 6) is 0.196. The van der Waals surface area contributed by atoms with Crippen LogP contribution in [0.1, 0.15) is 31.7 Å². The van der Waals surface area contributed by atoms with Crippen LogP contribution in [-0.2, 0) is 11.2 Å². The number of aryl methyl sites for hydroxylation is 1. The molecule has 2 heterocycles. The molecule has 0 spiro atoms. The molecule has 1 saturated heterocycles. The maximum Gasteiger partial charge on any atom is 0.219 e. The predicted molar refractivity (Wildman–Crippen MR) is 68.0 cm³/mol. The van der Waals surface area contributed by atoms with Crippen LogP contribution in [0.5, 0.6) is 0 Å². The SMILES string of the molecule is CC(=O)N1CCCC1CCc1ccc(Cl)nc1. The first-order valence-electron chi connectivity index (χ1n) is 6.04. The van der Waals surface area contributed by atoms with E-state index < -0.39 is 0 Å². The van der Waals surface area contributed by atoms with Crippen molar-refractivity contribution in [1.82, 2.24) is 9.88 Å². The molecule has 1 fully saturated rings. The van der Waals surface area contributed by atoms with E-state index in [1.807, 2.05) is 23.2 Å². The highest BCUT2D eigenvalue weighted by molar-refractivity contribution is 6.29. The molecule has 0 aromatic carbocycles. The van der Waals surface area contributed by atoms with E-state index >= 15 is 0 Å². The van der Waals surface area contributed by atoms with Crippen molar-refractivity contribution in [3.63, 3.8) is 0 Å². The van der Waals surface area contributed by atoms with Crippen molar-refractivity contribution in [2.45, 2.75) is 38.6 Å². The number of likely N-dealkylation sites (tertiary alicyclic amines) is 1. The molecule has 2 rings (SSSR count). The number of hydrogen-bond donors (Lipinski definition) is 0. The molecule has 0 bridgehead atoms. The third kappa shape index (κ3) is 3.19. The van der Waals surface area contributed by atoms with Crippen LogP contribution >= 0.6 is 11.6 Å². The first-order chi connectivity index (χ1) is 8.16. The number of aromatic nitrogens is 1. The number of rotatable bonds is 3. The number of nitrogens with zero attached hydrogens (tertiary/aromatic N) is 2. The van der Waals surface area contributed by atoms with Crippen molar-refractivity contribution in [3.8, 4) is 0 Å². The molecule has 0 aliphatic carbocycles. The third-order valence-corrected chi connectivity index (χ3v) is 3.56.